The minimum Gasteiger partial charge on any atom is -0.352 e. The van der Waals surface area contributed by atoms with Crippen molar-refractivity contribution in [3.05, 3.63) is 11.7 Å². The largest absolute Gasteiger partial charge is 0.352 e. The van der Waals surface area contributed by atoms with E-state index in [0.29, 0.717) is 18.9 Å². The van der Waals surface area contributed by atoms with Crippen molar-refractivity contribution < 1.29 is 14.1 Å². The molecule has 0 bridgehead atoms. The van der Waals surface area contributed by atoms with Crippen LogP contribution in [0.3, 0.4) is 0 Å². The molecule has 0 aliphatic carbocycles. The van der Waals surface area contributed by atoms with Crippen molar-refractivity contribution in [2.24, 2.45) is 0 Å². The van der Waals surface area contributed by atoms with Crippen LogP contribution in [0.15, 0.2) is 4.52 Å². The van der Waals surface area contributed by atoms with Crippen molar-refractivity contribution in [2.45, 2.75) is 38.3 Å². The lowest BCUT2D eigenvalue weighted by Crippen LogP contribution is -2.60. The van der Waals surface area contributed by atoms with Gasteiger partial charge in [-0.15, -0.1) is 0 Å². The fourth-order valence-electron chi connectivity index (χ4n) is 3.96. The SMILES string of the molecule is CCN1CCC2(CCC1=O)CN(Cc1nc(C(=O)NC)no1)CCN2C. The van der Waals surface area contributed by atoms with Crippen molar-refractivity contribution in [1.29, 1.82) is 0 Å². The Morgan fingerprint density at radius 1 is 1.31 bits per heavy atom. The summed E-state index contributed by atoms with van der Waals surface area (Å²) in [5.74, 6) is 0.409. The summed E-state index contributed by atoms with van der Waals surface area (Å²) in [5, 5.41) is 6.22. The van der Waals surface area contributed by atoms with Crippen LogP contribution in [0.2, 0.25) is 0 Å². The van der Waals surface area contributed by atoms with E-state index < -0.39 is 0 Å². The molecule has 1 unspecified atom stereocenters. The first-order chi connectivity index (χ1) is 12.5. The van der Waals surface area contributed by atoms with E-state index in [0.717, 1.165) is 45.6 Å². The maximum Gasteiger partial charge on any atom is 0.292 e. The second-order valence-corrected chi connectivity index (χ2v) is 7.17. The zero-order valence-electron chi connectivity index (χ0n) is 15.8. The molecular formula is C17H28N6O3. The van der Waals surface area contributed by atoms with Crippen molar-refractivity contribution in [3.63, 3.8) is 0 Å². The van der Waals surface area contributed by atoms with Gasteiger partial charge < -0.3 is 14.7 Å². The molecule has 3 rings (SSSR count). The Balaban J connectivity index is 1.69. The molecule has 1 aromatic heterocycles. The summed E-state index contributed by atoms with van der Waals surface area (Å²) in [6.45, 7) is 6.79. The summed E-state index contributed by atoms with van der Waals surface area (Å²) in [6.07, 6.45) is 2.42. The van der Waals surface area contributed by atoms with E-state index in [1.165, 1.54) is 7.05 Å². The van der Waals surface area contributed by atoms with Gasteiger partial charge in [-0.1, -0.05) is 5.16 Å². The number of nitrogens with zero attached hydrogens (tertiary/aromatic N) is 5. The lowest BCUT2D eigenvalue weighted by molar-refractivity contribution is -0.130. The number of aromatic nitrogens is 2. The predicted octanol–water partition coefficient (Wildman–Crippen LogP) is -0.0522. The number of likely N-dealkylation sites (N-methyl/N-ethyl adjacent to an activating group) is 1. The Kier molecular flexibility index (Phi) is 5.57. The predicted molar refractivity (Wildman–Crippen MR) is 94.4 cm³/mol. The number of rotatable bonds is 4. The van der Waals surface area contributed by atoms with E-state index >= 15 is 0 Å². The van der Waals surface area contributed by atoms with Crippen molar-refractivity contribution in [1.82, 2.24) is 30.2 Å². The van der Waals surface area contributed by atoms with Crippen LogP contribution < -0.4 is 5.32 Å². The molecular weight excluding hydrogens is 336 g/mol. The van der Waals surface area contributed by atoms with E-state index in [9.17, 15) is 9.59 Å². The summed E-state index contributed by atoms with van der Waals surface area (Å²) in [4.78, 5) is 34.7. The average Bonchev–Trinajstić information content (AvgIpc) is 3.04. The summed E-state index contributed by atoms with van der Waals surface area (Å²) in [6, 6.07) is 0. The molecule has 1 aromatic rings. The van der Waals surface area contributed by atoms with Gasteiger partial charge in [0.2, 0.25) is 11.8 Å². The zero-order valence-corrected chi connectivity index (χ0v) is 15.8. The summed E-state index contributed by atoms with van der Waals surface area (Å²) in [5.41, 5.74) is -0.0124. The molecule has 0 radical (unpaired) electrons. The molecule has 0 saturated carbocycles. The van der Waals surface area contributed by atoms with Crippen molar-refractivity contribution >= 4 is 11.8 Å². The van der Waals surface area contributed by atoms with Crippen LogP contribution in [-0.2, 0) is 11.3 Å². The Morgan fingerprint density at radius 2 is 2.12 bits per heavy atom. The highest BCUT2D eigenvalue weighted by Crippen LogP contribution is 2.32. The topological polar surface area (TPSA) is 94.8 Å². The number of amides is 2. The average molecular weight is 364 g/mol. The highest BCUT2D eigenvalue weighted by molar-refractivity contribution is 5.89. The van der Waals surface area contributed by atoms with Gasteiger partial charge in [-0.05, 0) is 26.8 Å². The van der Waals surface area contributed by atoms with Crippen molar-refractivity contribution in [3.8, 4) is 0 Å². The maximum atomic E-state index is 12.3. The van der Waals surface area contributed by atoms with Crippen LogP contribution in [0.4, 0.5) is 0 Å². The molecule has 1 N–H and O–H groups in total. The molecule has 0 aromatic carbocycles. The maximum absolute atomic E-state index is 12.3. The Labute approximate surface area is 153 Å². The second kappa shape index (κ2) is 7.71. The molecule has 3 heterocycles. The molecule has 2 aliphatic heterocycles. The van der Waals surface area contributed by atoms with Gasteiger partial charge in [0.05, 0.1) is 6.54 Å². The minimum absolute atomic E-state index is 0.0124. The number of hydrogen-bond donors (Lipinski definition) is 1. The summed E-state index contributed by atoms with van der Waals surface area (Å²) in [7, 11) is 3.69. The van der Waals surface area contributed by atoms with Gasteiger partial charge in [0.1, 0.15) is 0 Å². The van der Waals surface area contributed by atoms with Crippen LogP contribution in [-0.4, -0.2) is 89.0 Å². The summed E-state index contributed by atoms with van der Waals surface area (Å²) < 4.78 is 5.23. The number of carbonyl (C=O) groups is 2. The number of likely N-dealkylation sites (tertiary alicyclic amines) is 1. The fourth-order valence-corrected chi connectivity index (χ4v) is 3.96. The fraction of sp³-hybridized carbons (Fsp3) is 0.765. The van der Waals surface area contributed by atoms with Gasteiger partial charge in [-0.25, -0.2) is 0 Å². The minimum atomic E-state index is -0.350. The van der Waals surface area contributed by atoms with Gasteiger partial charge in [0.25, 0.3) is 11.7 Å². The molecule has 1 spiro atoms. The number of nitrogens with one attached hydrogen (secondary N) is 1. The van der Waals surface area contributed by atoms with Crippen LogP contribution >= 0.6 is 0 Å². The van der Waals surface area contributed by atoms with Crippen LogP contribution in [0.25, 0.3) is 0 Å². The van der Waals surface area contributed by atoms with Crippen LogP contribution in [0.5, 0.6) is 0 Å². The molecule has 2 aliphatic rings. The third kappa shape index (κ3) is 3.73. The molecule has 144 valence electrons. The van der Waals surface area contributed by atoms with Crippen molar-refractivity contribution in [2.75, 3.05) is 46.8 Å². The monoisotopic (exact) mass is 364 g/mol. The van der Waals surface area contributed by atoms with E-state index in [4.69, 9.17) is 4.52 Å². The molecule has 9 nitrogen and oxygen atoms in total. The smallest absolute Gasteiger partial charge is 0.292 e. The lowest BCUT2D eigenvalue weighted by Gasteiger charge is -2.49. The van der Waals surface area contributed by atoms with E-state index in [1.54, 1.807) is 0 Å². The number of hydrogen-bond acceptors (Lipinski definition) is 7. The standard InChI is InChI=1S/C17H28N6O3/c1-4-23-8-7-17(6-5-14(23)24)12-22(10-9-21(17)3)11-13-19-15(20-26-13)16(25)18-2/h4-12H2,1-3H3,(H,18,25). The van der Waals surface area contributed by atoms with Gasteiger partial charge in [0.15, 0.2) is 0 Å². The third-order valence-electron chi connectivity index (χ3n) is 5.72. The van der Waals surface area contributed by atoms with Gasteiger partial charge >= 0.3 is 0 Å². The van der Waals surface area contributed by atoms with Crippen LogP contribution in [0, 0.1) is 0 Å². The highest BCUT2D eigenvalue weighted by Gasteiger charge is 2.42. The Bertz CT molecular complexity index is 663. The number of carbonyl (C=O) groups excluding carboxylic acids is 2. The second-order valence-electron chi connectivity index (χ2n) is 7.17. The van der Waals surface area contributed by atoms with Crippen LogP contribution in [0.1, 0.15) is 42.7 Å². The molecule has 2 fully saturated rings. The molecule has 26 heavy (non-hydrogen) atoms. The lowest BCUT2D eigenvalue weighted by atomic mass is 9.86. The summed E-state index contributed by atoms with van der Waals surface area (Å²) >= 11 is 0. The quantitative estimate of drug-likeness (QED) is 0.800. The normalized spacial score (nSPS) is 25.5. The van der Waals surface area contributed by atoms with E-state index in [1.807, 2.05) is 11.8 Å². The van der Waals surface area contributed by atoms with Gasteiger partial charge in [0, 0.05) is 51.7 Å². The van der Waals surface area contributed by atoms with Gasteiger partial charge in [-0.3, -0.25) is 19.4 Å². The zero-order chi connectivity index (χ0) is 18.7. The number of piperazine rings is 1. The highest BCUT2D eigenvalue weighted by atomic mass is 16.5. The third-order valence-corrected chi connectivity index (χ3v) is 5.72. The Morgan fingerprint density at radius 3 is 2.85 bits per heavy atom. The Hall–Kier alpha value is -2.00. The molecule has 1 atom stereocenters. The molecule has 2 saturated heterocycles. The molecule has 9 heteroatoms. The first-order valence-electron chi connectivity index (χ1n) is 9.23. The first kappa shape index (κ1) is 18.8. The molecule has 2 amide bonds. The van der Waals surface area contributed by atoms with E-state index in [2.05, 4.69) is 32.3 Å². The van der Waals surface area contributed by atoms with Gasteiger partial charge in [-0.2, -0.15) is 4.98 Å². The van der Waals surface area contributed by atoms with E-state index in [-0.39, 0.29) is 23.2 Å². The first-order valence-corrected chi connectivity index (χ1v) is 9.23.